The summed E-state index contributed by atoms with van der Waals surface area (Å²) >= 11 is 5.94. The summed E-state index contributed by atoms with van der Waals surface area (Å²) in [6.07, 6.45) is 1.76. The Labute approximate surface area is 180 Å². The second-order valence-corrected chi connectivity index (χ2v) is 9.37. The molecule has 5 nitrogen and oxygen atoms in total. The number of pyridine rings is 1. The van der Waals surface area contributed by atoms with Crippen molar-refractivity contribution in [3.8, 4) is 0 Å². The van der Waals surface area contributed by atoms with E-state index in [2.05, 4.69) is 4.98 Å². The molecule has 0 fully saturated rings. The van der Waals surface area contributed by atoms with Crippen LogP contribution in [0.4, 0.5) is 5.69 Å². The third-order valence-corrected chi connectivity index (χ3v) is 6.87. The third-order valence-electron chi connectivity index (χ3n) is 4.82. The molecule has 4 rings (SSSR count). The SMILES string of the molecule is Nc1ccc(CN(Cc2cc3ccccc3cn2)S(=O)(=O)c2ccc(Cl)cc2)cc1. The topological polar surface area (TPSA) is 76.3 Å². The molecule has 0 saturated carbocycles. The summed E-state index contributed by atoms with van der Waals surface area (Å²) in [4.78, 5) is 4.66. The van der Waals surface area contributed by atoms with Crippen LogP contribution in [0.15, 0.2) is 90.0 Å². The summed E-state index contributed by atoms with van der Waals surface area (Å²) in [6.45, 7) is 0.333. The molecular formula is C23H20ClN3O2S. The van der Waals surface area contributed by atoms with E-state index in [0.29, 0.717) is 16.4 Å². The van der Waals surface area contributed by atoms with Gasteiger partial charge >= 0.3 is 0 Å². The van der Waals surface area contributed by atoms with Crippen molar-refractivity contribution in [3.63, 3.8) is 0 Å². The number of aromatic nitrogens is 1. The molecule has 0 atom stereocenters. The summed E-state index contributed by atoms with van der Waals surface area (Å²) in [5.41, 5.74) is 7.90. The first kappa shape index (κ1) is 20.3. The van der Waals surface area contributed by atoms with Crippen LogP contribution in [0.5, 0.6) is 0 Å². The molecule has 1 heterocycles. The Balaban J connectivity index is 1.71. The summed E-state index contributed by atoms with van der Waals surface area (Å²) in [7, 11) is -3.77. The van der Waals surface area contributed by atoms with Crippen LogP contribution in [0, 0.1) is 0 Å². The Bertz CT molecular complexity index is 1270. The van der Waals surface area contributed by atoms with Gasteiger partial charge in [-0.25, -0.2) is 8.42 Å². The smallest absolute Gasteiger partial charge is 0.243 e. The van der Waals surface area contributed by atoms with E-state index in [1.165, 1.54) is 16.4 Å². The lowest BCUT2D eigenvalue weighted by Gasteiger charge is -2.22. The Morgan fingerprint density at radius 3 is 2.23 bits per heavy atom. The normalized spacial score (nSPS) is 11.8. The molecule has 0 spiro atoms. The molecule has 0 amide bonds. The fourth-order valence-corrected chi connectivity index (χ4v) is 4.73. The van der Waals surface area contributed by atoms with Gasteiger partial charge < -0.3 is 5.73 Å². The van der Waals surface area contributed by atoms with E-state index in [-0.39, 0.29) is 18.0 Å². The average Bonchev–Trinajstić information content (AvgIpc) is 2.75. The lowest BCUT2D eigenvalue weighted by Crippen LogP contribution is -2.30. The van der Waals surface area contributed by atoms with E-state index < -0.39 is 10.0 Å². The first-order chi connectivity index (χ1) is 14.4. The van der Waals surface area contributed by atoms with Gasteiger partial charge in [0.25, 0.3) is 0 Å². The monoisotopic (exact) mass is 437 g/mol. The highest BCUT2D eigenvalue weighted by atomic mass is 35.5. The standard InChI is InChI=1S/C23H20ClN3O2S/c24-20-7-11-23(12-8-20)30(28,29)27(15-17-5-9-21(25)10-6-17)16-22-13-18-3-1-2-4-19(18)14-26-22/h1-14H,15-16,25H2. The highest BCUT2D eigenvalue weighted by Crippen LogP contribution is 2.24. The molecule has 0 aliphatic heterocycles. The number of sulfonamides is 1. The third kappa shape index (κ3) is 4.46. The van der Waals surface area contributed by atoms with Crippen molar-refractivity contribution < 1.29 is 8.42 Å². The van der Waals surface area contributed by atoms with Crippen LogP contribution < -0.4 is 5.73 Å². The quantitative estimate of drug-likeness (QED) is 0.437. The molecular weight excluding hydrogens is 418 g/mol. The molecule has 2 N–H and O–H groups in total. The molecule has 0 radical (unpaired) electrons. The van der Waals surface area contributed by atoms with Crippen LogP contribution in [0.3, 0.4) is 0 Å². The van der Waals surface area contributed by atoms with Gasteiger partial charge in [-0.15, -0.1) is 0 Å². The predicted octanol–water partition coefficient (Wildman–Crippen LogP) is 4.86. The van der Waals surface area contributed by atoms with E-state index in [1.54, 1.807) is 30.5 Å². The minimum absolute atomic E-state index is 0.139. The first-order valence-electron chi connectivity index (χ1n) is 9.36. The van der Waals surface area contributed by atoms with Crippen LogP contribution in [0.1, 0.15) is 11.3 Å². The van der Waals surface area contributed by atoms with Gasteiger partial charge in [-0.05, 0) is 53.4 Å². The Morgan fingerprint density at radius 1 is 0.867 bits per heavy atom. The molecule has 0 aliphatic rings. The van der Waals surface area contributed by atoms with E-state index in [9.17, 15) is 8.42 Å². The van der Waals surface area contributed by atoms with Crippen molar-refractivity contribution in [1.82, 2.24) is 9.29 Å². The van der Waals surface area contributed by atoms with Crippen molar-refractivity contribution in [1.29, 1.82) is 0 Å². The highest BCUT2D eigenvalue weighted by Gasteiger charge is 2.25. The molecule has 0 aliphatic carbocycles. The molecule has 7 heteroatoms. The number of hydrogen-bond donors (Lipinski definition) is 1. The molecule has 3 aromatic carbocycles. The molecule has 4 aromatic rings. The van der Waals surface area contributed by atoms with Crippen molar-refractivity contribution in [2.45, 2.75) is 18.0 Å². The van der Waals surface area contributed by atoms with Crippen molar-refractivity contribution >= 4 is 38.1 Å². The maximum absolute atomic E-state index is 13.4. The number of fused-ring (bicyclic) bond motifs is 1. The van der Waals surface area contributed by atoms with Crippen LogP contribution in [0.2, 0.25) is 5.02 Å². The number of nitrogens with two attached hydrogens (primary N) is 1. The number of benzene rings is 3. The van der Waals surface area contributed by atoms with Crippen LogP contribution in [-0.4, -0.2) is 17.7 Å². The lowest BCUT2D eigenvalue weighted by atomic mass is 10.1. The predicted molar refractivity (Wildman–Crippen MR) is 120 cm³/mol. The summed E-state index contributed by atoms with van der Waals surface area (Å²) < 4.78 is 28.2. The zero-order valence-electron chi connectivity index (χ0n) is 16.1. The van der Waals surface area contributed by atoms with Gasteiger partial charge in [0.15, 0.2) is 0 Å². The first-order valence-corrected chi connectivity index (χ1v) is 11.2. The number of rotatable bonds is 6. The maximum atomic E-state index is 13.4. The van der Waals surface area contributed by atoms with E-state index >= 15 is 0 Å². The minimum Gasteiger partial charge on any atom is -0.399 e. The summed E-state index contributed by atoms with van der Waals surface area (Å²) in [6, 6.07) is 23.1. The van der Waals surface area contributed by atoms with Crippen molar-refractivity contribution in [2.75, 3.05) is 5.73 Å². The number of nitrogen functional groups attached to an aromatic ring is 1. The molecule has 30 heavy (non-hydrogen) atoms. The van der Waals surface area contributed by atoms with Crippen molar-refractivity contribution in [3.05, 3.63) is 101 Å². The second kappa shape index (κ2) is 8.44. The molecule has 1 aromatic heterocycles. The fraction of sp³-hybridized carbons (Fsp3) is 0.0870. The van der Waals surface area contributed by atoms with Crippen LogP contribution in [-0.2, 0) is 23.1 Å². The summed E-state index contributed by atoms with van der Waals surface area (Å²) in [5, 5.41) is 2.50. The maximum Gasteiger partial charge on any atom is 0.243 e. The number of anilines is 1. The van der Waals surface area contributed by atoms with Gasteiger partial charge in [-0.3, -0.25) is 4.98 Å². The number of halogens is 1. The largest absolute Gasteiger partial charge is 0.399 e. The van der Waals surface area contributed by atoms with Gasteiger partial charge in [0.1, 0.15) is 0 Å². The van der Waals surface area contributed by atoms with Gasteiger partial charge in [-0.1, -0.05) is 48.0 Å². The Hall–Kier alpha value is -2.93. The minimum atomic E-state index is -3.77. The molecule has 0 bridgehead atoms. The van der Waals surface area contributed by atoms with Crippen LogP contribution in [0.25, 0.3) is 10.8 Å². The number of nitrogens with zero attached hydrogens (tertiary/aromatic N) is 2. The van der Waals surface area contributed by atoms with E-state index in [1.807, 2.05) is 42.5 Å². The molecule has 0 unspecified atom stereocenters. The van der Waals surface area contributed by atoms with Gasteiger partial charge in [0, 0.05) is 28.8 Å². The fourth-order valence-electron chi connectivity index (χ4n) is 3.20. The van der Waals surface area contributed by atoms with E-state index in [4.69, 9.17) is 17.3 Å². The lowest BCUT2D eigenvalue weighted by molar-refractivity contribution is 0.397. The second-order valence-electron chi connectivity index (χ2n) is 6.99. The zero-order valence-corrected chi connectivity index (χ0v) is 17.6. The molecule has 152 valence electrons. The van der Waals surface area contributed by atoms with Crippen LogP contribution >= 0.6 is 11.6 Å². The summed E-state index contributed by atoms with van der Waals surface area (Å²) in [5.74, 6) is 0. The van der Waals surface area contributed by atoms with E-state index in [0.717, 1.165) is 16.3 Å². The van der Waals surface area contributed by atoms with Gasteiger partial charge in [0.05, 0.1) is 17.1 Å². The molecule has 0 saturated heterocycles. The zero-order chi connectivity index (χ0) is 21.1. The Morgan fingerprint density at radius 2 is 1.53 bits per heavy atom. The van der Waals surface area contributed by atoms with Crippen molar-refractivity contribution in [2.24, 2.45) is 0 Å². The van der Waals surface area contributed by atoms with Gasteiger partial charge in [0.2, 0.25) is 10.0 Å². The number of hydrogen-bond acceptors (Lipinski definition) is 4. The average molecular weight is 438 g/mol. The highest BCUT2D eigenvalue weighted by molar-refractivity contribution is 7.89. The Kier molecular flexibility index (Phi) is 5.72. The van der Waals surface area contributed by atoms with Gasteiger partial charge in [-0.2, -0.15) is 4.31 Å².